The minimum absolute atomic E-state index is 0.0801. The van der Waals surface area contributed by atoms with Crippen molar-refractivity contribution in [2.75, 3.05) is 19.6 Å². The summed E-state index contributed by atoms with van der Waals surface area (Å²) in [7, 11) is 0. The van der Waals surface area contributed by atoms with Crippen LogP contribution in [-0.2, 0) is 0 Å². The van der Waals surface area contributed by atoms with Gasteiger partial charge in [-0.05, 0) is 39.7 Å². The van der Waals surface area contributed by atoms with E-state index in [0.29, 0.717) is 13.1 Å². The van der Waals surface area contributed by atoms with Gasteiger partial charge in [-0.15, -0.1) is 0 Å². The summed E-state index contributed by atoms with van der Waals surface area (Å²) in [5.41, 5.74) is -0.0801. The molecular formula is C14H29F3N2. The molecule has 0 aliphatic heterocycles. The van der Waals surface area contributed by atoms with Crippen molar-refractivity contribution in [3.8, 4) is 0 Å². The van der Waals surface area contributed by atoms with Gasteiger partial charge in [0, 0.05) is 18.1 Å². The highest BCUT2D eigenvalue weighted by Gasteiger charge is 2.34. The fraction of sp³-hybridized carbons (Fsp3) is 1.00. The topological polar surface area (TPSA) is 15.3 Å². The molecule has 1 unspecified atom stereocenters. The minimum Gasteiger partial charge on any atom is -0.311 e. The maximum Gasteiger partial charge on any atom is 0.401 e. The molecule has 0 bridgehead atoms. The molecule has 0 aromatic heterocycles. The Balaban J connectivity index is 4.76. The van der Waals surface area contributed by atoms with Gasteiger partial charge in [0.15, 0.2) is 0 Å². The molecule has 0 amide bonds. The number of nitrogens with one attached hydrogen (secondary N) is 1. The van der Waals surface area contributed by atoms with E-state index in [9.17, 15) is 13.2 Å². The second-order valence-electron chi connectivity index (χ2n) is 6.53. The average Bonchev–Trinajstić information content (AvgIpc) is 2.12. The average molecular weight is 282 g/mol. The second-order valence-corrected chi connectivity index (χ2v) is 6.53. The summed E-state index contributed by atoms with van der Waals surface area (Å²) in [6.07, 6.45) is -3.40. The Bertz CT molecular complexity index is 244. The van der Waals surface area contributed by atoms with Crippen LogP contribution in [0.5, 0.6) is 0 Å². The van der Waals surface area contributed by atoms with Gasteiger partial charge < -0.3 is 5.32 Å². The number of alkyl halides is 3. The summed E-state index contributed by atoms with van der Waals surface area (Å²) in [4.78, 5) is 1.56. The van der Waals surface area contributed by atoms with Crippen LogP contribution in [0.3, 0.4) is 0 Å². The van der Waals surface area contributed by atoms with Crippen LogP contribution in [0.15, 0.2) is 0 Å². The normalized spacial score (nSPS) is 15.3. The van der Waals surface area contributed by atoms with Crippen LogP contribution in [0.4, 0.5) is 13.2 Å². The van der Waals surface area contributed by atoms with Gasteiger partial charge in [0.2, 0.25) is 0 Å². The smallest absolute Gasteiger partial charge is 0.311 e. The van der Waals surface area contributed by atoms with Crippen LogP contribution in [0.25, 0.3) is 0 Å². The first-order valence-electron chi connectivity index (χ1n) is 7.02. The number of nitrogens with zero attached hydrogens (tertiary/aromatic N) is 1. The molecule has 0 rings (SSSR count). The lowest BCUT2D eigenvalue weighted by molar-refractivity contribution is -0.152. The highest BCUT2D eigenvalue weighted by molar-refractivity contribution is 4.82. The highest BCUT2D eigenvalue weighted by Crippen LogP contribution is 2.21. The lowest BCUT2D eigenvalue weighted by Gasteiger charge is -2.37. The summed E-state index contributed by atoms with van der Waals surface area (Å²) in [6, 6.07) is -0.0965. The third-order valence-corrected chi connectivity index (χ3v) is 2.97. The predicted octanol–water partition coefficient (Wildman–Crippen LogP) is 3.67. The van der Waals surface area contributed by atoms with Crippen molar-refractivity contribution in [3.05, 3.63) is 0 Å². The van der Waals surface area contributed by atoms with E-state index in [1.54, 1.807) is 4.90 Å². The SMILES string of the molecule is CCCN(CC(F)(F)F)C(CNC(C)(C)C)C(C)C. The summed E-state index contributed by atoms with van der Waals surface area (Å²) in [5.74, 6) is 0.184. The minimum atomic E-state index is -4.13. The molecule has 0 spiro atoms. The number of rotatable bonds is 7. The quantitative estimate of drug-likeness (QED) is 0.766. The predicted molar refractivity (Wildman–Crippen MR) is 74.3 cm³/mol. The fourth-order valence-electron chi connectivity index (χ4n) is 2.08. The molecule has 0 aliphatic carbocycles. The Morgan fingerprint density at radius 1 is 1.11 bits per heavy atom. The molecule has 1 N–H and O–H groups in total. The molecule has 0 aliphatic rings. The summed E-state index contributed by atoms with van der Waals surface area (Å²) in [6.45, 7) is 12.2. The standard InChI is InChI=1S/C14H29F3N2/c1-7-8-19(10-14(15,16)17)12(11(2)3)9-18-13(4,5)6/h11-12,18H,7-10H2,1-6H3. The van der Waals surface area contributed by atoms with E-state index in [4.69, 9.17) is 0 Å². The summed E-state index contributed by atoms with van der Waals surface area (Å²) >= 11 is 0. The maximum absolute atomic E-state index is 12.7. The van der Waals surface area contributed by atoms with Gasteiger partial charge in [0.05, 0.1) is 6.54 Å². The van der Waals surface area contributed by atoms with Crippen LogP contribution >= 0.6 is 0 Å². The molecule has 19 heavy (non-hydrogen) atoms. The molecule has 0 radical (unpaired) electrons. The van der Waals surface area contributed by atoms with E-state index in [-0.39, 0.29) is 17.5 Å². The van der Waals surface area contributed by atoms with E-state index in [1.165, 1.54) is 0 Å². The van der Waals surface area contributed by atoms with E-state index < -0.39 is 12.7 Å². The van der Waals surface area contributed by atoms with Gasteiger partial charge in [0.25, 0.3) is 0 Å². The maximum atomic E-state index is 12.7. The van der Waals surface area contributed by atoms with E-state index in [2.05, 4.69) is 5.32 Å². The number of halogens is 3. The Morgan fingerprint density at radius 2 is 1.63 bits per heavy atom. The Kier molecular flexibility index (Phi) is 7.37. The van der Waals surface area contributed by atoms with Crippen LogP contribution < -0.4 is 5.32 Å². The number of hydrogen-bond donors (Lipinski definition) is 1. The van der Waals surface area contributed by atoms with Crippen molar-refractivity contribution in [3.63, 3.8) is 0 Å². The zero-order valence-electron chi connectivity index (χ0n) is 13.1. The first-order chi connectivity index (χ1) is 8.46. The van der Waals surface area contributed by atoms with Gasteiger partial charge in [-0.3, -0.25) is 4.90 Å². The molecule has 0 aromatic rings. The molecule has 0 fully saturated rings. The monoisotopic (exact) mass is 282 g/mol. The molecule has 1 atom stereocenters. The first-order valence-corrected chi connectivity index (χ1v) is 7.02. The largest absolute Gasteiger partial charge is 0.401 e. The molecule has 0 saturated carbocycles. The zero-order chi connectivity index (χ0) is 15.3. The second kappa shape index (κ2) is 7.48. The Hall–Kier alpha value is -0.290. The zero-order valence-corrected chi connectivity index (χ0v) is 13.1. The molecule has 0 saturated heterocycles. The molecule has 0 heterocycles. The Labute approximate surface area is 115 Å². The number of hydrogen-bond acceptors (Lipinski definition) is 2. The lowest BCUT2D eigenvalue weighted by Crippen LogP contribution is -2.52. The van der Waals surface area contributed by atoms with E-state index in [1.807, 2.05) is 41.5 Å². The van der Waals surface area contributed by atoms with Crippen LogP contribution in [0.2, 0.25) is 0 Å². The third kappa shape index (κ3) is 9.27. The summed E-state index contributed by atoms with van der Waals surface area (Å²) < 4.78 is 38.0. The highest BCUT2D eigenvalue weighted by atomic mass is 19.4. The van der Waals surface area contributed by atoms with Crippen molar-refractivity contribution < 1.29 is 13.2 Å². The summed E-state index contributed by atoms with van der Waals surface area (Å²) in [5, 5.41) is 3.32. The van der Waals surface area contributed by atoms with Crippen LogP contribution in [-0.4, -0.2) is 42.3 Å². The molecule has 2 nitrogen and oxygen atoms in total. The van der Waals surface area contributed by atoms with Crippen LogP contribution in [0, 0.1) is 5.92 Å². The fourth-order valence-corrected chi connectivity index (χ4v) is 2.08. The van der Waals surface area contributed by atoms with Crippen molar-refractivity contribution in [1.29, 1.82) is 0 Å². The third-order valence-electron chi connectivity index (χ3n) is 2.97. The van der Waals surface area contributed by atoms with E-state index in [0.717, 1.165) is 6.42 Å². The first kappa shape index (κ1) is 18.7. The van der Waals surface area contributed by atoms with Gasteiger partial charge in [-0.2, -0.15) is 13.2 Å². The lowest BCUT2D eigenvalue weighted by atomic mass is 10.00. The molecule has 116 valence electrons. The van der Waals surface area contributed by atoms with E-state index >= 15 is 0 Å². The van der Waals surface area contributed by atoms with Crippen LogP contribution in [0.1, 0.15) is 48.0 Å². The van der Waals surface area contributed by atoms with Gasteiger partial charge in [-0.1, -0.05) is 20.8 Å². The van der Waals surface area contributed by atoms with Gasteiger partial charge in [-0.25, -0.2) is 0 Å². The molecule has 5 heteroatoms. The van der Waals surface area contributed by atoms with Crippen molar-refractivity contribution >= 4 is 0 Å². The molecule has 0 aromatic carbocycles. The van der Waals surface area contributed by atoms with Gasteiger partial charge >= 0.3 is 6.18 Å². The molecular weight excluding hydrogens is 253 g/mol. The van der Waals surface area contributed by atoms with Crippen molar-refractivity contribution in [1.82, 2.24) is 10.2 Å². The Morgan fingerprint density at radius 3 is 1.95 bits per heavy atom. The van der Waals surface area contributed by atoms with Crippen molar-refractivity contribution in [2.24, 2.45) is 5.92 Å². The van der Waals surface area contributed by atoms with Crippen molar-refractivity contribution in [2.45, 2.75) is 65.7 Å². The van der Waals surface area contributed by atoms with Gasteiger partial charge in [0.1, 0.15) is 0 Å².